The number of nitrogens with zero attached hydrogens (tertiary/aromatic N) is 3. The first-order valence-corrected chi connectivity index (χ1v) is 11.4. The Kier molecular flexibility index (Phi) is 7.58. The molecule has 182 valence electrons. The van der Waals surface area contributed by atoms with Crippen molar-refractivity contribution in [2.75, 3.05) is 0 Å². The highest BCUT2D eigenvalue weighted by Gasteiger charge is 2.38. The van der Waals surface area contributed by atoms with Gasteiger partial charge in [0.1, 0.15) is 11.9 Å². The zero-order valence-electron chi connectivity index (χ0n) is 17.2. The molecule has 0 fully saturated rings. The maximum Gasteiger partial charge on any atom is 0.389 e. The smallest absolute Gasteiger partial charge is 0.368 e. The standard InChI is InChI=1S/C20H17ClF4N4O4S/c21-14-3-5-15(6-4-14)34(31,32)29(17(18(26)30)7-8-20(23,24)25)10-13-2-1-12(9-16(13)22)19-27-11-33-28-19/h1-6,9,11,17H,7-8,10H2,(H2,26,30)/t17-/m0/s1. The number of rotatable bonds is 9. The maximum atomic E-state index is 14.9. The van der Waals surface area contributed by atoms with Crippen LogP contribution in [0.1, 0.15) is 18.4 Å². The van der Waals surface area contributed by atoms with Gasteiger partial charge in [-0.1, -0.05) is 28.9 Å². The number of hydrogen-bond donors (Lipinski definition) is 1. The van der Waals surface area contributed by atoms with Crippen LogP contribution in [0.4, 0.5) is 17.6 Å². The van der Waals surface area contributed by atoms with Crippen LogP contribution < -0.4 is 5.73 Å². The van der Waals surface area contributed by atoms with Crippen molar-refractivity contribution in [2.45, 2.75) is 36.5 Å². The van der Waals surface area contributed by atoms with E-state index in [2.05, 4.69) is 14.7 Å². The molecule has 34 heavy (non-hydrogen) atoms. The third-order valence-electron chi connectivity index (χ3n) is 4.80. The Bertz CT molecular complexity index is 1250. The predicted octanol–water partition coefficient (Wildman–Crippen LogP) is 3.92. The summed E-state index contributed by atoms with van der Waals surface area (Å²) in [5.41, 5.74) is 5.29. The van der Waals surface area contributed by atoms with Gasteiger partial charge in [0.2, 0.25) is 28.1 Å². The Morgan fingerprint density at radius 1 is 1.18 bits per heavy atom. The van der Waals surface area contributed by atoms with Gasteiger partial charge < -0.3 is 10.3 Å². The van der Waals surface area contributed by atoms with Crippen LogP contribution in [0.3, 0.4) is 0 Å². The summed E-state index contributed by atoms with van der Waals surface area (Å²) >= 11 is 5.79. The lowest BCUT2D eigenvalue weighted by atomic mass is 10.1. The second-order valence-corrected chi connectivity index (χ2v) is 9.46. The van der Waals surface area contributed by atoms with E-state index in [1.165, 1.54) is 24.3 Å². The Morgan fingerprint density at radius 2 is 1.85 bits per heavy atom. The number of carbonyl (C=O) groups excluding carboxylic acids is 1. The van der Waals surface area contributed by atoms with Crippen LogP contribution in [0.5, 0.6) is 0 Å². The molecule has 0 aliphatic heterocycles. The summed E-state index contributed by atoms with van der Waals surface area (Å²) in [6, 6.07) is 6.40. The minimum absolute atomic E-state index is 0.0660. The molecule has 3 rings (SSSR count). The zero-order valence-corrected chi connectivity index (χ0v) is 18.7. The summed E-state index contributed by atoms with van der Waals surface area (Å²) in [5.74, 6) is -2.15. The molecule has 0 saturated carbocycles. The van der Waals surface area contributed by atoms with Crippen LogP contribution in [-0.2, 0) is 21.4 Å². The summed E-state index contributed by atoms with van der Waals surface area (Å²) < 4.78 is 85.1. The maximum absolute atomic E-state index is 14.9. The van der Waals surface area contributed by atoms with Gasteiger partial charge in [-0.05, 0) is 36.8 Å². The molecule has 1 heterocycles. The number of alkyl halides is 3. The van der Waals surface area contributed by atoms with Gasteiger partial charge in [0.05, 0.1) is 4.90 Å². The van der Waals surface area contributed by atoms with Crippen molar-refractivity contribution in [1.82, 2.24) is 14.4 Å². The third-order valence-corrected chi connectivity index (χ3v) is 6.92. The molecular weight excluding hydrogens is 504 g/mol. The van der Waals surface area contributed by atoms with E-state index in [-0.39, 0.29) is 26.9 Å². The minimum atomic E-state index is -4.68. The van der Waals surface area contributed by atoms with Crippen LogP contribution in [0.25, 0.3) is 11.4 Å². The molecule has 2 aromatic carbocycles. The molecule has 0 unspecified atom stereocenters. The molecule has 0 aliphatic carbocycles. The van der Waals surface area contributed by atoms with Crippen molar-refractivity contribution >= 4 is 27.5 Å². The highest BCUT2D eigenvalue weighted by Crippen LogP contribution is 2.29. The normalized spacial score (nSPS) is 13.2. The van der Waals surface area contributed by atoms with Crippen molar-refractivity contribution in [3.05, 3.63) is 65.3 Å². The van der Waals surface area contributed by atoms with Crippen LogP contribution in [-0.4, -0.2) is 41.0 Å². The van der Waals surface area contributed by atoms with Gasteiger partial charge in [0.15, 0.2) is 0 Å². The van der Waals surface area contributed by atoms with Crippen LogP contribution in [0.2, 0.25) is 5.02 Å². The molecular formula is C20H17ClF4N4O4S. The molecule has 8 nitrogen and oxygen atoms in total. The van der Waals surface area contributed by atoms with Gasteiger partial charge >= 0.3 is 6.18 Å². The van der Waals surface area contributed by atoms with Gasteiger partial charge in [0.25, 0.3) is 0 Å². The third kappa shape index (κ3) is 6.10. The summed E-state index contributed by atoms with van der Waals surface area (Å²) in [4.78, 5) is 15.5. The van der Waals surface area contributed by atoms with E-state index in [9.17, 15) is 30.8 Å². The minimum Gasteiger partial charge on any atom is -0.368 e. The largest absolute Gasteiger partial charge is 0.389 e. The summed E-state index contributed by atoms with van der Waals surface area (Å²) in [5, 5.41) is 3.77. The first kappa shape index (κ1) is 25.6. The number of nitrogens with two attached hydrogens (primary N) is 1. The lowest BCUT2D eigenvalue weighted by molar-refractivity contribution is -0.140. The SMILES string of the molecule is NC(=O)[C@H](CCC(F)(F)F)N(Cc1ccc(-c2ncon2)cc1F)S(=O)(=O)c1ccc(Cl)cc1. The lowest BCUT2D eigenvalue weighted by Gasteiger charge is -2.29. The quantitative estimate of drug-likeness (QED) is 0.427. The van der Waals surface area contributed by atoms with Crippen molar-refractivity contribution in [2.24, 2.45) is 5.73 Å². The van der Waals surface area contributed by atoms with Crippen LogP contribution in [0.15, 0.2) is 58.3 Å². The van der Waals surface area contributed by atoms with Gasteiger partial charge in [-0.15, -0.1) is 0 Å². The van der Waals surface area contributed by atoms with E-state index < -0.39 is 53.4 Å². The molecule has 3 aromatic rings. The first-order chi connectivity index (χ1) is 15.9. The summed E-state index contributed by atoms with van der Waals surface area (Å²) in [6.45, 7) is -0.769. The fourth-order valence-corrected chi connectivity index (χ4v) is 4.84. The van der Waals surface area contributed by atoms with Crippen molar-refractivity contribution in [3.8, 4) is 11.4 Å². The summed E-state index contributed by atoms with van der Waals surface area (Å²) in [7, 11) is -4.60. The molecule has 0 radical (unpaired) electrons. The van der Waals surface area contributed by atoms with Gasteiger partial charge in [-0.3, -0.25) is 4.79 Å². The Balaban J connectivity index is 2.03. The van der Waals surface area contributed by atoms with Crippen LogP contribution in [0, 0.1) is 5.82 Å². The Hall–Kier alpha value is -3.03. The summed E-state index contributed by atoms with van der Waals surface area (Å²) in [6.07, 6.45) is -6.08. The number of benzene rings is 2. The Morgan fingerprint density at radius 3 is 2.38 bits per heavy atom. The number of sulfonamides is 1. The van der Waals surface area contributed by atoms with Crippen LogP contribution >= 0.6 is 11.6 Å². The number of amides is 1. The van der Waals surface area contributed by atoms with E-state index in [4.69, 9.17) is 17.3 Å². The van der Waals surface area contributed by atoms with E-state index >= 15 is 0 Å². The molecule has 14 heteroatoms. The average Bonchev–Trinajstić information content (AvgIpc) is 3.28. The second-order valence-electron chi connectivity index (χ2n) is 7.14. The molecule has 2 N–H and O–H groups in total. The van der Waals surface area contributed by atoms with Gasteiger partial charge in [-0.25, -0.2) is 12.8 Å². The van der Waals surface area contributed by atoms with E-state index in [0.29, 0.717) is 4.31 Å². The fraction of sp³-hybridized carbons (Fsp3) is 0.250. The highest BCUT2D eigenvalue weighted by molar-refractivity contribution is 7.89. The van der Waals surface area contributed by atoms with E-state index in [1.54, 1.807) is 0 Å². The average molecular weight is 521 g/mol. The topological polar surface area (TPSA) is 119 Å². The van der Waals surface area contributed by atoms with E-state index in [1.807, 2.05) is 0 Å². The van der Waals surface area contributed by atoms with Crippen molar-refractivity contribution < 1.29 is 35.3 Å². The molecule has 0 spiro atoms. The number of aromatic nitrogens is 2. The molecule has 0 bridgehead atoms. The molecule has 0 aliphatic rings. The Labute approximate surface area is 196 Å². The number of carbonyl (C=O) groups is 1. The molecule has 1 amide bonds. The number of primary amides is 1. The molecule has 1 atom stereocenters. The zero-order chi connectivity index (χ0) is 25.1. The lowest BCUT2D eigenvalue weighted by Crippen LogP contribution is -2.48. The number of hydrogen-bond acceptors (Lipinski definition) is 6. The fourth-order valence-electron chi connectivity index (χ4n) is 3.11. The van der Waals surface area contributed by atoms with Gasteiger partial charge in [-0.2, -0.15) is 22.5 Å². The monoisotopic (exact) mass is 520 g/mol. The van der Waals surface area contributed by atoms with E-state index in [0.717, 1.165) is 24.6 Å². The van der Waals surface area contributed by atoms with Gasteiger partial charge in [0, 0.05) is 29.1 Å². The van der Waals surface area contributed by atoms with Crippen molar-refractivity contribution in [3.63, 3.8) is 0 Å². The molecule has 0 saturated heterocycles. The number of halogens is 5. The predicted molar refractivity (Wildman–Crippen MR) is 112 cm³/mol. The highest BCUT2D eigenvalue weighted by atomic mass is 35.5. The second kappa shape index (κ2) is 10.1. The van der Waals surface area contributed by atoms with Crippen molar-refractivity contribution in [1.29, 1.82) is 0 Å². The first-order valence-electron chi connectivity index (χ1n) is 9.57. The molecule has 1 aromatic heterocycles.